The van der Waals surface area contributed by atoms with E-state index in [1.165, 1.54) is 12.8 Å². The van der Waals surface area contributed by atoms with Crippen LogP contribution >= 0.6 is 0 Å². The van der Waals surface area contributed by atoms with Crippen LogP contribution in [0.1, 0.15) is 65.7 Å². The highest BCUT2D eigenvalue weighted by Gasteiger charge is 2.31. The molecule has 0 radical (unpaired) electrons. The first-order valence-corrected chi connectivity index (χ1v) is 8.74. The number of hydrogen-bond donors (Lipinski definition) is 3. The van der Waals surface area contributed by atoms with E-state index < -0.39 is 5.60 Å². The molecule has 2 aliphatic carbocycles. The third-order valence-electron chi connectivity index (χ3n) is 4.71. The van der Waals surface area contributed by atoms with Crippen molar-refractivity contribution in [2.24, 2.45) is 5.92 Å². The molecule has 0 unspecified atom stereocenters. The fourth-order valence-corrected chi connectivity index (χ4v) is 3.57. The molecule has 5 nitrogen and oxygen atoms in total. The molecule has 0 heterocycles. The zero-order valence-electron chi connectivity index (χ0n) is 14.2. The van der Waals surface area contributed by atoms with Crippen LogP contribution in [0, 0.1) is 5.92 Å². The highest BCUT2D eigenvalue weighted by atomic mass is 16.6. The van der Waals surface area contributed by atoms with Gasteiger partial charge in [-0.2, -0.15) is 0 Å². The van der Waals surface area contributed by atoms with E-state index in [0.29, 0.717) is 24.5 Å². The molecule has 2 aliphatic rings. The van der Waals surface area contributed by atoms with Crippen LogP contribution in [0.25, 0.3) is 0 Å². The Labute approximate surface area is 134 Å². The monoisotopic (exact) mass is 312 g/mol. The third-order valence-corrected chi connectivity index (χ3v) is 4.71. The summed E-state index contributed by atoms with van der Waals surface area (Å²) in [6.45, 7) is 6.32. The fraction of sp³-hybridized carbons (Fsp3) is 0.941. The number of aliphatic hydroxyl groups excluding tert-OH is 1. The van der Waals surface area contributed by atoms with Crippen molar-refractivity contribution in [3.05, 3.63) is 0 Å². The number of nitrogens with one attached hydrogen (secondary N) is 2. The van der Waals surface area contributed by atoms with Crippen molar-refractivity contribution in [1.82, 2.24) is 10.6 Å². The minimum absolute atomic E-state index is 0.105. The number of amides is 1. The maximum Gasteiger partial charge on any atom is 0.407 e. The SMILES string of the molecule is CC(C)(C)OC(=O)NC[C@H]1CCC[C@@H]1NC1CCC(O)CC1. The molecule has 2 rings (SSSR count). The summed E-state index contributed by atoms with van der Waals surface area (Å²) in [7, 11) is 0. The summed E-state index contributed by atoms with van der Waals surface area (Å²) in [5.41, 5.74) is -0.444. The average Bonchev–Trinajstić information content (AvgIpc) is 2.84. The Balaban J connectivity index is 1.72. The number of ether oxygens (including phenoxy) is 1. The van der Waals surface area contributed by atoms with Crippen LogP contribution in [-0.4, -0.2) is 41.5 Å². The van der Waals surface area contributed by atoms with Gasteiger partial charge in [-0.3, -0.25) is 0 Å². The van der Waals surface area contributed by atoms with E-state index in [4.69, 9.17) is 4.74 Å². The van der Waals surface area contributed by atoms with Gasteiger partial charge in [-0.1, -0.05) is 6.42 Å². The van der Waals surface area contributed by atoms with E-state index in [9.17, 15) is 9.90 Å². The van der Waals surface area contributed by atoms with E-state index in [1.807, 2.05) is 20.8 Å². The van der Waals surface area contributed by atoms with E-state index in [0.717, 1.165) is 32.1 Å². The predicted octanol–water partition coefficient (Wildman–Crippen LogP) is 2.57. The number of carbonyl (C=O) groups excluding carboxylic acids is 1. The van der Waals surface area contributed by atoms with E-state index in [2.05, 4.69) is 10.6 Å². The van der Waals surface area contributed by atoms with Crippen molar-refractivity contribution >= 4 is 6.09 Å². The zero-order chi connectivity index (χ0) is 16.2. The molecule has 3 N–H and O–H groups in total. The van der Waals surface area contributed by atoms with Gasteiger partial charge in [0.2, 0.25) is 0 Å². The van der Waals surface area contributed by atoms with Gasteiger partial charge < -0.3 is 20.5 Å². The summed E-state index contributed by atoms with van der Waals surface area (Å²) >= 11 is 0. The van der Waals surface area contributed by atoms with Gasteiger partial charge in [0.25, 0.3) is 0 Å². The van der Waals surface area contributed by atoms with Crippen LogP contribution in [0.3, 0.4) is 0 Å². The lowest BCUT2D eigenvalue weighted by molar-refractivity contribution is 0.0515. The fourth-order valence-electron chi connectivity index (χ4n) is 3.57. The molecule has 0 aliphatic heterocycles. The molecule has 2 saturated carbocycles. The van der Waals surface area contributed by atoms with Crippen LogP contribution in [0.15, 0.2) is 0 Å². The minimum atomic E-state index is -0.444. The highest BCUT2D eigenvalue weighted by Crippen LogP contribution is 2.28. The smallest absolute Gasteiger partial charge is 0.407 e. The second-order valence-electron chi connectivity index (χ2n) is 7.85. The Hall–Kier alpha value is -0.810. The van der Waals surface area contributed by atoms with Gasteiger partial charge in [-0.15, -0.1) is 0 Å². The summed E-state index contributed by atoms with van der Waals surface area (Å²) in [6.07, 6.45) is 7.06. The lowest BCUT2D eigenvalue weighted by Gasteiger charge is -2.31. The molecule has 2 fully saturated rings. The topological polar surface area (TPSA) is 70.6 Å². The van der Waals surface area contributed by atoms with Gasteiger partial charge in [0.1, 0.15) is 5.60 Å². The minimum Gasteiger partial charge on any atom is -0.444 e. The molecule has 22 heavy (non-hydrogen) atoms. The maximum absolute atomic E-state index is 11.8. The van der Waals surface area contributed by atoms with Gasteiger partial charge in [0, 0.05) is 18.6 Å². The van der Waals surface area contributed by atoms with E-state index in [1.54, 1.807) is 0 Å². The Bertz CT molecular complexity index is 359. The van der Waals surface area contributed by atoms with Gasteiger partial charge in [0.05, 0.1) is 6.10 Å². The van der Waals surface area contributed by atoms with Crippen molar-refractivity contribution in [2.75, 3.05) is 6.54 Å². The van der Waals surface area contributed by atoms with Crippen molar-refractivity contribution in [3.63, 3.8) is 0 Å². The molecule has 2 atom stereocenters. The molecular weight excluding hydrogens is 280 g/mol. The molecule has 0 aromatic heterocycles. The summed E-state index contributed by atoms with van der Waals surface area (Å²) in [4.78, 5) is 11.8. The second kappa shape index (κ2) is 7.64. The van der Waals surface area contributed by atoms with Gasteiger partial charge >= 0.3 is 6.09 Å². The largest absolute Gasteiger partial charge is 0.444 e. The first kappa shape index (κ1) is 17.5. The molecule has 128 valence electrons. The first-order valence-electron chi connectivity index (χ1n) is 8.74. The molecule has 0 aromatic rings. The molecule has 0 bridgehead atoms. The van der Waals surface area contributed by atoms with E-state index in [-0.39, 0.29) is 12.2 Å². The Morgan fingerprint density at radius 3 is 2.45 bits per heavy atom. The van der Waals surface area contributed by atoms with Crippen LogP contribution < -0.4 is 10.6 Å². The molecular formula is C17H32N2O3. The standard InChI is InChI=1S/C17H32N2O3/c1-17(2,3)22-16(21)18-11-12-5-4-6-15(12)19-13-7-9-14(20)10-8-13/h12-15,19-20H,4-11H2,1-3H3,(H,18,21)/t12-,13?,14?,15+/m1/s1. The summed E-state index contributed by atoms with van der Waals surface area (Å²) in [5.74, 6) is 0.486. The molecule has 1 amide bonds. The van der Waals surface area contributed by atoms with Gasteiger partial charge in [-0.05, 0) is 65.2 Å². The molecule has 0 saturated heterocycles. The summed E-state index contributed by atoms with van der Waals surface area (Å²) in [6, 6.07) is 1.01. The second-order valence-corrected chi connectivity index (χ2v) is 7.85. The predicted molar refractivity (Wildman–Crippen MR) is 86.8 cm³/mol. The number of carbonyl (C=O) groups is 1. The Morgan fingerprint density at radius 1 is 1.14 bits per heavy atom. The van der Waals surface area contributed by atoms with E-state index >= 15 is 0 Å². The van der Waals surface area contributed by atoms with Crippen LogP contribution in [0.4, 0.5) is 4.79 Å². The van der Waals surface area contributed by atoms with Crippen molar-refractivity contribution in [1.29, 1.82) is 0 Å². The normalized spacial score (nSPS) is 32.7. The third kappa shape index (κ3) is 5.76. The number of hydrogen-bond acceptors (Lipinski definition) is 4. The van der Waals surface area contributed by atoms with Crippen LogP contribution in [0.5, 0.6) is 0 Å². The number of alkyl carbamates (subject to hydrolysis) is 1. The van der Waals surface area contributed by atoms with Gasteiger partial charge in [0.15, 0.2) is 0 Å². The summed E-state index contributed by atoms with van der Waals surface area (Å²) in [5, 5.41) is 16.3. The van der Waals surface area contributed by atoms with Crippen LogP contribution in [-0.2, 0) is 4.74 Å². The Morgan fingerprint density at radius 2 is 1.82 bits per heavy atom. The quantitative estimate of drug-likeness (QED) is 0.746. The molecule has 5 heteroatoms. The van der Waals surface area contributed by atoms with Crippen molar-refractivity contribution < 1.29 is 14.6 Å². The Kier molecular flexibility index (Phi) is 6.09. The number of aliphatic hydroxyl groups is 1. The highest BCUT2D eigenvalue weighted by molar-refractivity contribution is 5.67. The van der Waals surface area contributed by atoms with Crippen molar-refractivity contribution in [3.8, 4) is 0 Å². The number of rotatable bonds is 4. The maximum atomic E-state index is 11.8. The van der Waals surface area contributed by atoms with Gasteiger partial charge in [-0.25, -0.2) is 4.79 Å². The lowest BCUT2D eigenvalue weighted by atomic mass is 9.91. The molecule has 0 spiro atoms. The first-order chi connectivity index (χ1) is 10.3. The van der Waals surface area contributed by atoms with Crippen molar-refractivity contribution in [2.45, 2.75) is 89.5 Å². The zero-order valence-corrected chi connectivity index (χ0v) is 14.2. The molecule has 0 aromatic carbocycles. The average molecular weight is 312 g/mol. The van der Waals surface area contributed by atoms with Crippen LogP contribution in [0.2, 0.25) is 0 Å². The lowest BCUT2D eigenvalue weighted by Crippen LogP contribution is -2.46. The summed E-state index contributed by atoms with van der Waals surface area (Å²) < 4.78 is 5.30.